The minimum Gasteiger partial charge on any atom is -0.481 e. The zero-order valence-corrected chi connectivity index (χ0v) is 11.9. The standard InChI is InChI=1S/C15H24N2O3/c18-14(19)13-9-17(8-12(13)10-6-7-10)15(20)16-11-4-2-1-3-5-11/h10-13H,1-9H2,(H,16,20)(H,18,19)/t12-,13+/m0/s1. The molecule has 2 saturated carbocycles. The van der Waals surface area contributed by atoms with Gasteiger partial charge in [-0.15, -0.1) is 0 Å². The molecule has 0 aromatic carbocycles. The predicted molar refractivity (Wildman–Crippen MR) is 74.3 cm³/mol. The number of likely N-dealkylation sites (tertiary alicyclic amines) is 1. The van der Waals surface area contributed by atoms with Gasteiger partial charge in [-0.1, -0.05) is 19.3 Å². The van der Waals surface area contributed by atoms with Crippen molar-refractivity contribution in [2.75, 3.05) is 13.1 Å². The van der Waals surface area contributed by atoms with Gasteiger partial charge in [0.2, 0.25) is 0 Å². The van der Waals surface area contributed by atoms with E-state index < -0.39 is 5.97 Å². The number of nitrogens with zero attached hydrogens (tertiary/aromatic N) is 1. The topological polar surface area (TPSA) is 69.6 Å². The fourth-order valence-electron chi connectivity index (χ4n) is 3.77. The van der Waals surface area contributed by atoms with Crippen molar-refractivity contribution >= 4 is 12.0 Å². The second-order valence-corrected chi connectivity index (χ2v) is 6.64. The maximum Gasteiger partial charge on any atom is 0.317 e. The molecule has 0 aromatic rings. The van der Waals surface area contributed by atoms with Gasteiger partial charge in [-0.2, -0.15) is 0 Å². The molecule has 0 radical (unpaired) electrons. The number of aliphatic carboxylic acids is 1. The summed E-state index contributed by atoms with van der Waals surface area (Å²) in [7, 11) is 0. The highest BCUT2D eigenvalue weighted by Crippen LogP contribution is 2.44. The van der Waals surface area contributed by atoms with Gasteiger partial charge >= 0.3 is 12.0 Å². The van der Waals surface area contributed by atoms with E-state index in [1.807, 2.05) is 0 Å². The molecule has 3 rings (SSSR count). The van der Waals surface area contributed by atoms with Crippen molar-refractivity contribution < 1.29 is 14.7 Å². The molecule has 0 aromatic heterocycles. The van der Waals surface area contributed by atoms with E-state index in [9.17, 15) is 14.7 Å². The van der Waals surface area contributed by atoms with E-state index in [0.29, 0.717) is 25.0 Å². The van der Waals surface area contributed by atoms with Crippen LogP contribution in [0.2, 0.25) is 0 Å². The van der Waals surface area contributed by atoms with Gasteiger partial charge in [0.15, 0.2) is 0 Å². The second-order valence-electron chi connectivity index (χ2n) is 6.64. The highest BCUT2D eigenvalue weighted by Gasteiger charge is 2.47. The Labute approximate surface area is 119 Å². The molecule has 1 heterocycles. The summed E-state index contributed by atoms with van der Waals surface area (Å²) in [6.07, 6.45) is 8.03. The molecule has 5 nitrogen and oxygen atoms in total. The van der Waals surface area contributed by atoms with Crippen LogP contribution >= 0.6 is 0 Å². The zero-order chi connectivity index (χ0) is 14.1. The molecule has 5 heteroatoms. The van der Waals surface area contributed by atoms with E-state index in [4.69, 9.17) is 0 Å². The zero-order valence-electron chi connectivity index (χ0n) is 11.9. The SMILES string of the molecule is O=C(O)[C@@H]1CN(C(=O)NC2CCCCC2)C[C@H]1C1CC1. The number of nitrogens with one attached hydrogen (secondary N) is 1. The van der Waals surface area contributed by atoms with Gasteiger partial charge in [0.05, 0.1) is 5.92 Å². The third-order valence-corrected chi connectivity index (χ3v) is 5.13. The van der Waals surface area contributed by atoms with Gasteiger partial charge in [-0.05, 0) is 37.5 Å². The van der Waals surface area contributed by atoms with E-state index in [1.165, 1.54) is 19.3 Å². The Kier molecular flexibility index (Phi) is 3.85. The monoisotopic (exact) mass is 280 g/mol. The Morgan fingerprint density at radius 3 is 2.30 bits per heavy atom. The maximum absolute atomic E-state index is 12.3. The second kappa shape index (κ2) is 5.62. The van der Waals surface area contributed by atoms with Gasteiger partial charge in [0, 0.05) is 19.1 Å². The van der Waals surface area contributed by atoms with E-state index in [2.05, 4.69) is 5.32 Å². The van der Waals surface area contributed by atoms with Crippen molar-refractivity contribution in [2.24, 2.45) is 17.8 Å². The van der Waals surface area contributed by atoms with Crippen LogP contribution in [-0.4, -0.2) is 41.1 Å². The van der Waals surface area contributed by atoms with E-state index in [1.54, 1.807) is 4.90 Å². The highest BCUT2D eigenvalue weighted by atomic mass is 16.4. The molecule has 2 N–H and O–H groups in total. The number of amides is 2. The quantitative estimate of drug-likeness (QED) is 0.831. The molecular weight excluding hydrogens is 256 g/mol. The first-order valence-electron chi connectivity index (χ1n) is 7.93. The number of carbonyl (C=O) groups is 2. The molecule has 0 spiro atoms. The predicted octanol–water partition coefficient (Wildman–Crippen LogP) is 2.07. The first-order chi connectivity index (χ1) is 9.65. The van der Waals surface area contributed by atoms with Crippen LogP contribution < -0.4 is 5.32 Å². The molecular formula is C15H24N2O3. The molecule has 112 valence electrons. The fourth-order valence-corrected chi connectivity index (χ4v) is 3.77. The number of carboxylic acids is 1. The van der Waals surface area contributed by atoms with Crippen LogP contribution in [0.15, 0.2) is 0 Å². The summed E-state index contributed by atoms with van der Waals surface area (Å²) in [5, 5.41) is 12.4. The van der Waals surface area contributed by atoms with Gasteiger partial charge < -0.3 is 15.3 Å². The number of carbonyl (C=O) groups excluding carboxylic acids is 1. The lowest BCUT2D eigenvalue weighted by atomic mass is 9.92. The molecule has 1 aliphatic heterocycles. The van der Waals surface area contributed by atoms with Crippen molar-refractivity contribution in [1.29, 1.82) is 0 Å². The van der Waals surface area contributed by atoms with Crippen LogP contribution in [0, 0.1) is 17.8 Å². The lowest BCUT2D eigenvalue weighted by molar-refractivity contribution is -0.142. The first-order valence-corrected chi connectivity index (χ1v) is 7.93. The van der Waals surface area contributed by atoms with Crippen molar-refractivity contribution in [1.82, 2.24) is 10.2 Å². The van der Waals surface area contributed by atoms with Crippen LogP contribution in [0.5, 0.6) is 0 Å². The van der Waals surface area contributed by atoms with Crippen LogP contribution in [0.4, 0.5) is 4.79 Å². The van der Waals surface area contributed by atoms with Gasteiger partial charge in [-0.25, -0.2) is 4.79 Å². The minimum atomic E-state index is -0.741. The molecule has 0 unspecified atom stereocenters. The van der Waals surface area contributed by atoms with Crippen molar-refractivity contribution in [2.45, 2.75) is 51.0 Å². The maximum atomic E-state index is 12.3. The van der Waals surface area contributed by atoms with Crippen LogP contribution in [0.1, 0.15) is 44.9 Å². The van der Waals surface area contributed by atoms with Crippen LogP contribution in [0.25, 0.3) is 0 Å². The Balaban J connectivity index is 1.56. The molecule has 2 atom stereocenters. The summed E-state index contributed by atoms with van der Waals surface area (Å²) in [6.45, 7) is 1.01. The molecule has 0 bridgehead atoms. The Bertz CT molecular complexity index is 389. The Morgan fingerprint density at radius 2 is 1.70 bits per heavy atom. The molecule has 2 aliphatic carbocycles. The largest absolute Gasteiger partial charge is 0.481 e. The van der Waals surface area contributed by atoms with Gasteiger partial charge in [0.25, 0.3) is 0 Å². The third kappa shape index (κ3) is 2.91. The highest BCUT2D eigenvalue weighted by molar-refractivity contribution is 5.78. The smallest absolute Gasteiger partial charge is 0.317 e. The molecule has 1 saturated heterocycles. The normalized spacial score (nSPS) is 31.3. The summed E-state index contributed by atoms with van der Waals surface area (Å²) in [4.78, 5) is 25.4. The fraction of sp³-hybridized carbons (Fsp3) is 0.867. The lowest BCUT2D eigenvalue weighted by Crippen LogP contribution is -2.44. The molecule has 2 amide bonds. The van der Waals surface area contributed by atoms with Crippen LogP contribution in [-0.2, 0) is 4.79 Å². The summed E-state index contributed by atoms with van der Waals surface area (Å²) >= 11 is 0. The van der Waals surface area contributed by atoms with Crippen molar-refractivity contribution in [3.63, 3.8) is 0 Å². The van der Waals surface area contributed by atoms with E-state index in [-0.39, 0.29) is 17.9 Å². The average molecular weight is 280 g/mol. The molecule has 3 aliphatic rings. The number of hydrogen-bond acceptors (Lipinski definition) is 2. The number of rotatable bonds is 3. The molecule has 3 fully saturated rings. The Hall–Kier alpha value is -1.26. The molecule has 20 heavy (non-hydrogen) atoms. The number of carboxylic acid groups (broad SMARTS) is 1. The van der Waals surface area contributed by atoms with Gasteiger partial charge in [-0.3, -0.25) is 4.79 Å². The summed E-state index contributed by atoms with van der Waals surface area (Å²) < 4.78 is 0. The van der Waals surface area contributed by atoms with E-state index in [0.717, 1.165) is 25.7 Å². The van der Waals surface area contributed by atoms with Crippen molar-refractivity contribution in [3.8, 4) is 0 Å². The Morgan fingerprint density at radius 1 is 1.00 bits per heavy atom. The third-order valence-electron chi connectivity index (χ3n) is 5.13. The number of urea groups is 1. The van der Waals surface area contributed by atoms with Crippen LogP contribution in [0.3, 0.4) is 0 Å². The van der Waals surface area contributed by atoms with Crippen molar-refractivity contribution in [3.05, 3.63) is 0 Å². The first kappa shape index (κ1) is 13.7. The van der Waals surface area contributed by atoms with E-state index >= 15 is 0 Å². The summed E-state index contributed by atoms with van der Waals surface area (Å²) in [5.41, 5.74) is 0. The van der Waals surface area contributed by atoms with Gasteiger partial charge in [0.1, 0.15) is 0 Å². The summed E-state index contributed by atoms with van der Waals surface area (Å²) in [5.74, 6) is -0.400. The number of hydrogen-bond donors (Lipinski definition) is 2. The minimum absolute atomic E-state index is 0.0497. The lowest BCUT2D eigenvalue weighted by Gasteiger charge is -2.26. The summed E-state index contributed by atoms with van der Waals surface area (Å²) in [6, 6.07) is 0.241. The average Bonchev–Trinajstić information content (AvgIpc) is 3.18.